The molecule has 0 atom stereocenters. The zero-order valence-corrected chi connectivity index (χ0v) is 5.57. The number of aliphatic hydroxyl groups is 1. The van der Waals surface area contributed by atoms with Gasteiger partial charge in [-0.05, 0) is 0 Å². The van der Waals surface area contributed by atoms with Crippen LogP contribution in [0.5, 0.6) is 0 Å². The van der Waals surface area contributed by atoms with Crippen LogP contribution >= 0.6 is 0 Å². The van der Waals surface area contributed by atoms with Gasteiger partial charge in [-0.1, -0.05) is 8.41 Å². The first-order chi connectivity index (χ1) is 1.00. The van der Waals surface area contributed by atoms with Gasteiger partial charge in [0.2, 0.25) is 0 Å². The van der Waals surface area contributed by atoms with E-state index in [1.807, 2.05) is 0 Å². The molecule has 0 aromatic rings. The average Bonchev–Trinajstić information content (AvgIpc) is 1.00. The largest absolute Gasteiger partial charge is 1.00 e. The summed E-state index contributed by atoms with van der Waals surface area (Å²) in [6, 6.07) is 0. The molecular weight excluding hydrogens is 77.9 g/mol. The molecule has 0 amide bonds. The van der Waals surface area contributed by atoms with Crippen molar-refractivity contribution < 1.29 is 56.5 Å². The SMILES string of the molecule is CO.[BH4-].[K+]. The summed E-state index contributed by atoms with van der Waals surface area (Å²) >= 11 is 0. The molecule has 0 rings (SSSR count). The van der Waals surface area contributed by atoms with Gasteiger partial charge in [0.05, 0.1) is 0 Å². The topological polar surface area (TPSA) is 20.2 Å². The first-order valence-electron chi connectivity index (χ1n) is 0.447. The Hall–Kier alpha value is 1.66. The monoisotopic (exact) mass is 86.0 g/mol. The van der Waals surface area contributed by atoms with Crippen LogP contribution in [-0.2, 0) is 0 Å². The minimum Gasteiger partial charge on any atom is -0.400 e. The number of hydrogen-bond acceptors (Lipinski definition) is 1. The van der Waals surface area contributed by atoms with Crippen LogP contribution in [-0.4, -0.2) is 20.6 Å². The molecule has 0 spiro atoms. The normalized spacial score (nSPS) is 1.50. The van der Waals surface area contributed by atoms with E-state index in [0.29, 0.717) is 0 Å². The third kappa shape index (κ3) is 9.40. The van der Waals surface area contributed by atoms with Gasteiger partial charge in [0.15, 0.2) is 0 Å². The maximum atomic E-state index is 7.00. The van der Waals surface area contributed by atoms with E-state index in [1.54, 1.807) is 0 Å². The third-order valence-corrected chi connectivity index (χ3v) is 0. The molecule has 0 saturated heterocycles. The number of hydrogen-bond donors (Lipinski definition) is 1. The molecule has 0 aromatic heterocycles. The second-order valence-corrected chi connectivity index (χ2v) is 0. The van der Waals surface area contributed by atoms with Crippen molar-refractivity contribution in [3.63, 3.8) is 0 Å². The molecular formula is CH8BKO. The Bertz CT molecular complexity index is 8.00. The van der Waals surface area contributed by atoms with Gasteiger partial charge in [-0.25, -0.2) is 0 Å². The smallest absolute Gasteiger partial charge is 0.400 e. The molecule has 0 unspecified atom stereocenters. The van der Waals surface area contributed by atoms with E-state index in [4.69, 9.17) is 5.11 Å². The van der Waals surface area contributed by atoms with E-state index in [9.17, 15) is 0 Å². The van der Waals surface area contributed by atoms with Crippen molar-refractivity contribution in [3.05, 3.63) is 0 Å². The molecule has 0 aliphatic rings. The standard InChI is InChI=1S/CH4O.BH4.K/c1-2;;/h2H,1H3;1H4;/q;-1;+1. The van der Waals surface area contributed by atoms with Crippen molar-refractivity contribution in [2.24, 2.45) is 0 Å². The number of rotatable bonds is 0. The second kappa shape index (κ2) is 22.6. The Morgan fingerprint density at radius 2 is 1.25 bits per heavy atom. The van der Waals surface area contributed by atoms with Crippen LogP contribution in [0.3, 0.4) is 0 Å². The molecule has 22 valence electrons. The summed E-state index contributed by atoms with van der Waals surface area (Å²) in [5.41, 5.74) is 0. The average molecular weight is 86.0 g/mol. The third-order valence-electron chi connectivity index (χ3n) is 0. The van der Waals surface area contributed by atoms with Crippen molar-refractivity contribution in [1.29, 1.82) is 0 Å². The van der Waals surface area contributed by atoms with Gasteiger partial charge in [-0.3, -0.25) is 0 Å². The van der Waals surface area contributed by atoms with Gasteiger partial charge in [0.25, 0.3) is 0 Å². The van der Waals surface area contributed by atoms with Crippen molar-refractivity contribution >= 4 is 8.41 Å². The Kier molecular flexibility index (Phi) is 98.3. The maximum absolute atomic E-state index is 7.00. The first kappa shape index (κ1) is 17.4. The van der Waals surface area contributed by atoms with Gasteiger partial charge < -0.3 is 5.11 Å². The molecule has 0 aromatic carbocycles. The molecule has 3 heteroatoms. The fraction of sp³-hybridized carbons (Fsp3) is 1.00. The van der Waals surface area contributed by atoms with Gasteiger partial charge in [-0.2, -0.15) is 0 Å². The van der Waals surface area contributed by atoms with E-state index in [-0.39, 0.29) is 59.8 Å². The zero-order chi connectivity index (χ0) is 2.00. The number of aliphatic hydroxyl groups excluding tert-OH is 1. The van der Waals surface area contributed by atoms with Crippen LogP contribution in [0.25, 0.3) is 0 Å². The summed E-state index contributed by atoms with van der Waals surface area (Å²) < 4.78 is 0. The van der Waals surface area contributed by atoms with E-state index in [0.717, 1.165) is 7.11 Å². The van der Waals surface area contributed by atoms with Gasteiger partial charge >= 0.3 is 51.4 Å². The second-order valence-electron chi connectivity index (χ2n) is 0. The van der Waals surface area contributed by atoms with Crippen molar-refractivity contribution in [2.45, 2.75) is 0 Å². The first-order valence-corrected chi connectivity index (χ1v) is 0.447. The van der Waals surface area contributed by atoms with Crippen LogP contribution in [0, 0.1) is 0 Å². The van der Waals surface area contributed by atoms with Gasteiger partial charge in [0, 0.05) is 7.11 Å². The molecule has 1 N–H and O–H groups in total. The van der Waals surface area contributed by atoms with E-state index < -0.39 is 0 Å². The van der Waals surface area contributed by atoms with Crippen LogP contribution in [0.4, 0.5) is 0 Å². The summed E-state index contributed by atoms with van der Waals surface area (Å²) in [6.45, 7) is 0. The van der Waals surface area contributed by atoms with Gasteiger partial charge in [-0.15, -0.1) is 0 Å². The Morgan fingerprint density at radius 3 is 1.25 bits per heavy atom. The Morgan fingerprint density at radius 1 is 1.25 bits per heavy atom. The molecule has 0 radical (unpaired) electrons. The molecule has 0 heterocycles. The molecule has 0 fully saturated rings. The maximum Gasteiger partial charge on any atom is 1.00 e. The predicted molar refractivity (Wildman–Crippen MR) is 19.5 cm³/mol. The Balaban J connectivity index is -0.00000000500. The Labute approximate surface area is 70.8 Å². The fourth-order valence-electron chi connectivity index (χ4n) is 0. The quantitative estimate of drug-likeness (QED) is 0.293. The zero-order valence-electron chi connectivity index (χ0n) is 2.45. The van der Waals surface area contributed by atoms with Crippen molar-refractivity contribution in [3.8, 4) is 0 Å². The van der Waals surface area contributed by atoms with E-state index >= 15 is 0 Å². The van der Waals surface area contributed by atoms with Crippen LogP contribution in [0.1, 0.15) is 0 Å². The molecule has 4 heavy (non-hydrogen) atoms. The van der Waals surface area contributed by atoms with Crippen molar-refractivity contribution in [1.82, 2.24) is 0 Å². The summed E-state index contributed by atoms with van der Waals surface area (Å²) in [5.74, 6) is 0. The van der Waals surface area contributed by atoms with E-state index in [2.05, 4.69) is 0 Å². The van der Waals surface area contributed by atoms with Gasteiger partial charge in [0.1, 0.15) is 0 Å². The fourth-order valence-corrected chi connectivity index (χ4v) is 0. The molecule has 0 aliphatic carbocycles. The summed E-state index contributed by atoms with van der Waals surface area (Å²) in [5, 5.41) is 7.00. The minimum atomic E-state index is 0. The summed E-state index contributed by atoms with van der Waals surface area (Å²) in [7, 11) is 1.00. The van der Waals surface area contributed by atoms with Crippen molar-refractivity contribution in [2.75, 3.05) is 7.11 Å². The van der Waals surface area contributed by atoms with Crippen LogP contribution < -0.4 is 51.4 Å². The predicted octanol–water partition coefficient (Wildman–Crippen LogP) is -4.84. The summed E-state index contributed by atoms with van der Waals surface area (Å²) in [4.78, 5) is 0. The summed E-state index contributed by atoms with van der Waals surface area (Å²) in [6.07, 6.45) is 0. The molecule has 0 aliphatic heterocycles. The minimum absolute atomic E-state index is 0. The van der Waals surface area contributed by atoms with Crippen LogP contribution in [0.2, 0.25) is 0 Å². The van der Waals surface area contributed by atoms with Crippen LogP contribution in [0.15, 0.2) is 0 Å². The molecule has 1 nitrogen and oxygen atoms in total. The molecule has 0 bridgehead atoms. The molecule has 0 saturated carbocycles. The van der Waals surface area contributed by atoms with E-state index in [1.165, 1.54) is 0 Å².